The van der Waals surface area contributed by atoms with Gasteiger partial charge >= 0.3 is 0 Å². The topological polar surface area (TPSA) is 92.1 Å². The van der Waals surface area contributed by atoms with Crippen LogP contribution in [-0.4, -0.2) is 63.6 Å². The van der Waals surface area contributed by atoms with Crippen LogP contribution >= 0.6 is 19.8 Å². The van der Waals surface area contributed by atoms with Crippen molar-refractivity contribution in [1.29, 1.82) is 0 Å². The third kappa shape index (κ3) is 14.5. The van der Waals surface area contributed by atoms with Crippen molar-refractivity contribution in [3.05, 3.63) is 144 Å². The molecule has 3 unspecified atom stereocenters. The zero-order valence-electron chi connectivity index (χ0n) is 29.7. The maximum absolute atomic E-state index is 12.2. The Bertz CT molecular complexity index is 1630. The van der Waals surface area contributed by atoms with Gasteiger partial charge < -0.3 is 0 Å². The Labute approximate surface area is 311 Å². The van der Waals surface area contributed by atoms with Crippen LogP contribution in [0.4, 0.5) is 26.3 Å². The van der Waals surface area contributed by atoms with Crippen LogP contribution in [0.25, 0.3) is 0 Å². The SMILES string of the molecule is CC(c1ccncc1)c1ccn(CC(F)F)n1.C[C@@H](c1ccncc1)c1ccn(CC(F)F)n1.C[C@H](c1ccncc1)c1ccn(CC(F)F)n1.P.P. The van der Waals surface area contributed by atoms with Crippen molar-refractivity contribution < 1.29 is 26.3 Å². The van der Waals surface area contributed by atoms with Gasteiger partial charge in [-0.1, -0.05) is 20.8 Å². The summed E-state index contributed by atoms with van der Waals surface area (Å²) >= 11 is 0. The lowest BCUT2D eigenvalue weighted by Gasteiger charge is -2.08. The molecule has 0 radical (unpaired) electrons. The van der Waals surface area contributed by atoms with Crippen LogP contribution in [0.15, 0.2) is 110 Å². The number of hydrogen-bond acceptors (Lipinski definition) is 6. The molecule has 0 bridgehead atoms. The number of halogens is 6. The molecule has 0 saturated heterocycles. The van der Waals surface area contributed by atoms with E-state index in [9.17, 15) is 26.3 Å². The first kappa shape index (κ1) is 44.7. The molecule has 6 aromatic rings. The van der Waals surface area contributed by atoms with E-state index < -0.39 is 19.3 Å². The quantitative estimate of drug-likeness (QED) is 0.0920. The molecule has 286 valence electrons. The fourth-order valence-electron chi connectivity index (χ4n) is 5.02. The summed E-state index contributed by atoms with van der Waals surface area (Å²) in [6.07, 6.45) is 7.88. The molecule has 0 aromatic carbocycles. The van der Waals surface area contributed by atoms with E-state index >= 15 is 0 Å². The van der Waals surface area contributed by atoms with E-state index in [4.69, 9.17) is 0 Å². The predicted octanol–water partition coefficient (Wildman–Crippen LogP) is 8.20. The van der Waals surface area contributed by atoms with Crippen molar-refractivity contribution in [3.8, 4) is 0 Å². The van der Waals surface area contributed by atoms with Crippen LogP contribution in [-0.2, 0) is 19.6 Å². The van der Waals surface area contributed by atoms with Gasteiger partial charge in [0, 0.05) is 73.5 Å². The van der Waals surface area contributed by atoms with Crippen LogP contribution in [0.1, 0.15) is 72.3 Å². The summed E-state index contributed by atoms with van der Waals surface area (Å²) in [5.41, 5.74) is 5.58. The first-order valence-corrected chi connectivity index (χ1v) is 16.1. The minimum atomic E-state index is -2.38. The van der Waals surface area contributed by atoms with Crippen molar-refractivity contribution >= 4 is 19.8 Å². The molecule has 0 fully saturated rings. The molecule has 9 nitrogen and oxygen atoms in total. The first-order valence-electron chi connectivity index (χ1n) is 16.1. The fourth-order valence-corrected chi connectivity index (χ4v) is 5.02. The predicted molar refractivity (Wildman–Crippen MR) is 202 cm³/mol. The molecule has 0 aliphatic carbocycles. The molecule has 0 saturated carbocycles. The molecular formula is C36H45F6N9P2. The lowest BCUT2D eigenvalue weighted by Crippen LogP contribution is -2.08. The zero-order valence-corrected chi connectivity index (χ0v) is 32.5. The monoisotopic (exact) mass is 779 g/mol. The van der Waals surface area contributed by atoms with E-state index in [0.717, 1.165) is 33.8 Å². The Kier molecular flexibility index (Phi) is 19.0. The Hall–Kier alpha value is -4.48. The molecule has 17 heteroatoms. The number of pyridine rings is 3. The lowest BCUT2D eigenvalue weighted by atomic mass is 9.99. The average molecular weight is 780 g/mol. The summed E-state index contributed by atoms with van der Waals surface area (Å²) in [5, 5.41) is 12.4. The van der Waals surface area contributed by atoms with E-state index in [2.05, 4.69) is 30.2 Å². The van der Waals surface area contributed by atoms with Gasteiger partial charge in [0.05, 0.1) is 17.1 Å². The van der Waals surface area contributed by atoms with Gasteiger partial charge in [-0.15, -0.1) is 0 Å². The number of alkyl halides is 6. The van der Waals surface area contributed by atoms with Gasteiger partial charge in [-0.2, -0.15) is 35.1 Å². The molecule has 6 rings (SSSR count). The first-order chi connectivity index (χ1) is 24.5. The second kappa shape index (κ2) is 22.6. The van der Waals surface area contributed by atoms with Crippen LogP contribution in [0.3, 0.4) is 0 Å². The molecular weight excluding hydrogens is 734 g/mol. The molecule has 53 heavy (non-hydrogen) atoms. The minimum absolute atomic E-state index is 0. The fraction of sp³-hybridized carbons (Fsp3) is 0.333. The highest BCUT2D eigenvalue weighted by atomic mass is 31.0. The largest absolute Gasteiger partial charge is 0.267 e. The second-order valence-electron chi connectivity index (χ2n) is 11.6. The van der Waals surface area contributed by atoms with Gasteiger partial charge in [0.1, 0.15) is 19.6 Å². The maximum atomic E-state index is 12.2. The molecule has 0 spiro atoms. The standard InChI is InChI=1S/3C12H13F2N3.2H3P/c3*1-9(10-2-5-15-6-3-10)11-4-7-17(16-11)8-12(13)14;;/h3*2-7,9,12H,8H2,1H3;2*1H3/t2*9-;;;/m10.../s1. The highest BCUT2D eigenvalue weighted by molar-refractivity contribution is 6.92. The van der Waals surface area contributed by atoms with Crippen LogP contribution < -0.4 is 0 Å². The van der Waals surface area contributed by atoms with Crippen LogP contribution in [0, 0.1) is 0 Å². The minimum Gasteiger partial charge on any atom is -0.267 e. The summed E-state index contributed by atoms with van der Waals surface area (Å²) in [4.78, 5) is 11.8. The molecule has 0 amide bonds. The number of aromatic nitrogens is 9. The van der Waals surface area contributed by atoms with E-state index in [1.165, 1.54) is 14.0 Å². The van der Waals surface area contributed by atoms with Crippen LogP contribution in [0.5, 0.6) is 0 Å². The van der Waals surface area contributed by atoms with E-state index in [-0.39, 0.29) is 57.2 Å². The molecule has 6 heterocycles. The van der Waals surface area contributed by atoms with E-state index in [1.54, 1.807) is 74.0 Å². The second-order valence-corrected chi connectivity index (χ2v) is 11.6. The highest BCUT2D eigenvalue weighted by Crippen LogP contribution is 2.23. The Morgan fingerprint density at radius 3 is 0.849 bits per heavy atom. The zero-order chi connectivity index (χ0) is 36.8. The van der Waals surface area contributed by atoms with Crippen molar-refractivity contribution in [2.45, 2.75) is 77.4 Å². The van der Waals surface area contributed by atoms with E-state index in [1.807, 2.05) is 57.2 Å². The summed E-state index contributed by atoms with van der Waals surface area (Å²) in [7, 11) is 0. The van der Waals surface area contributed by atoms with Crippen molar-refractivity contribution in [2.75, 3.05) is 0 Å². The van der Waals surface area contributed by atoms with Crippen molar-refractivity contribution in [3.63, 3.8) is 0 Å². The summed E-state index contributed by atoms with van der Waals surface area (Å²) in [6, 6.07) is 16.7. The molecule has 0 aliphatic heterocycles. The van der Waals surface area contributed by atoms with Gasteiger partial charge in [-0.25, -0.2) is 26.3 Å². The smallest absolute Gasteiger partial charge is 0.257 e. The number of hydrogen-bond donors (Lipinski definition) is 0. The summed E-state index contributed by atoms with van der Waals surface area (Å²) in [5.74, 6) is 0.241. The maximum Gasteiger partial charge on any atom is 0.257 e. The third-order valence-electron chi connectivity index (χ3n) is 7.91. The molecule has 0 N–H and O–H groups in total. The number of rotatable bonds is 12. The number of nitrogens with zero attached hydrogens (tertiary/aromatic N) is 9. The Morgan fingerprint density at radius 1 is 0.415 bits per heavy atom. The molecule has 5 atom stereocenters. The Morgan fingerprint density at radius 2 is 0.642 bits per heavy atom. The molecule has 6 aromatic heterocycles. The third-order valence-corrected chi connectivity index (χ3v) is 7.91. The molecule has 0 aliphatic rings. The van der Waals surface area contributed by atoms with Crippen molar-refractivity contribution in [2.24, 2.45) is 0 Å². The van der Waals surface area contributed by atoms with Gasteiger partial charge in [0.25, 0.3) is 19.3 Å². The van der Waals surface area contributed by atoms with Gasteiger partial charge in [0.15, 0.2) is 0 Å². The average Bonchev–Trinajstić information content (AvgIpc) is 3.91. The normalized spacial score (nSPS) is 12.5. The van der Waals surface area contributed by atoms with Gasteiger partial charge in [0.2, 0.25) is 0 Å². The lowest BCUT2D eigenvalue weighted by molar-refractivity contribution is 0.121. The van der Waals surface area contributed by atoms with Crippen molar-refractivity contribution in [1.82, 2.24) is 44.3 Å². The van der Waals surface area contributed by atoms with Gasteiger partial charge in [-0.05, 0) is 71.3 Å². The van der Waals surface area contributed by atoms with Crippen LogP contribution in [0.2, 0.25) is 0 Å². The summed E-state index contributed by atoms with van der Waals surface area (Å²) < 4.78 is 76.9. The summed E-state index contributed by atoms with van der Waals surface area (Å²) in [6.45, 7) is 4.90. The van der Waals surface area contributed by atoms with E-state index in [0.29, 0.717) is 0 Å². The van der Waals surface area contributed by atoms with Gasteiger partial charge in [-0.3, -0.25) is 29.0 Å². The highest BCUT2D eigenvalue weighted by Gasteiger charge is 2.15. The Balaban J connectivity index is 0.000000270.